The van der Waals surface area contributed by atoms with Crippen molar-refractivity contribution in [1.29, 1.82) is 0 Å². The minimum absolute atomic E-state index is 0.0570. The van der Waals surface area contributed by atoms with Crippen LogP contribution in [0.1, 0.15) is 32.6 Å². The van der Waals surface area contributed by atoms with Crippen molar-refractivity contribution in [1.82, 2.24) is 10.6 Å². The number of carbonyl (C=O) groups excluding carboxylic acids is 1. The maximum absolute atomic E-state index is 11.8. The molecule has 0 aromatic rings. The van der Waals surface area contributed by atoms with Crippen LogP contribution in [0.3, 0.4) is 0 Å². The van der Waals surface area contributed by atoms with Gasteiger partial charge in [0.15, 0.2) is 0 Å². The second-order valence-electron chi connectivity index (χ2n) is 5.23. The van der Waals surface area contributed by atoms with Gasteiger partial charge in [-0.2, -0.15) is 0 Å². The standard InChI is InChI=1S/C13H22N2O2/c1-9(11-7-14-8-11)13(17)15-6-10-3-2-4-12(16)5-10/h10,12,14,16H,2-8H2,1H3,(H,15,17). The number of aliphatic hydroxyl groups is 1. The molecule has 0 radical (unpaired) electrons. The van der Waals surface area contributed by atoms with E-state index in [2.05, 4.69) is 10.6 Å². The molecule has 0 aromatic heterocycles. The van der Waals surface area contributed by atoms with Gasteiger partial charge in [-0.05, 0) is 37.7 Å². The molecule has 1 aliphatic carbocycles. The summed E-state index contributed by atoms with van der Waals surface area (Å²) in [5.41, 5.74) is 2.08. The van der Waals surface area contributed by atoms with Crippen LogP contribution >= 0.6 is 0 Å². The fourth-order valence-electron chi connectivity index (χ4n) is 2.49. The van der Waals surface area contributed by atoms with Crippen LogP contribution in [0.5, 0.6) is 0 Å². The predicted molar refractivity (Wildman–Crippen MR) is 66.5 cm³/mol. The first-order valence-corrected chi connectivity index (χ1v) is 6.52. The van der Waals surface area contributed by atoms with Gasteiger partial charge >= 0.3 is 0 Å². The van der Waals surface area contributed by atoms with Crippen LogP contribution in [0.25, 0.3) is 0 Å². The topological polar surface area (TPSA) is 61.4 Å². The third kappa shape index (κ3) is 3.30. The Labute approximate surface area is 102 Å². The zero-order valence-electron chi connectivity index (χ0n) is 10.5. The Balaban J connectivity index is 1.76. The summed E-state index contributed by atoms with van der Waals surface area (Å²) >= 11 is 0. The molecule has 2 fully saturated rings. The lowest BCUT2D eigenvalue weighted by Gasteiger charge is -2.26. The summed E-state index contributed by atoms with van der Waals surface area (Å²) in [4.78, 5) is 11.8. The highest BCUT2D eigenvalue weighted by Gasteiger charge is 2.21. The summed E-state index contributed by atoms with van der Waals surface area (Å²) in [7, 11) is 0. The Morgan fingerprint density at radius 3 is 2.82 bits per heavy atom. The fraction of sp³-hybridized carbons (Fsp3) is 0.769. The van der Waals surface area contributed by atoms with E-state index in [1.807, 2.05) is 6.92 Å². The maximum atomic E-state index is 11.8. The van der Waals surface area contributed by atoms with Crippen molar-refractivity contribution in [3.63, 3.8) is 0 Å². The number of rotatable bonds is 3. The highest BCUT2D eigenvalue weighted by molar-refractivity contribution is 5.93. The van der Waals surface area contributed by atoms with Gasteiger partial charge in [-0.1, -0.05) is 6.42 Å². The molecular formula is C13H22N2O2. The van der Waals surface area contributed by atoms with Gasteiger partial charge in [0, 0.05) is 25.2 Å². The molecule has 0 bridgehead atoms. The Morgan fingerprint density at radius 1 is 1.47 bits per heavy atom. The minimum atomic E-state index is -0.166. The van der Waals surface area contributed by atoms with Crippen molar-refractivity contribution < 1.29 is 9.90 Å². The Bertz CT molecular complexity index is 319. The van der Waals surface area contributed by atoms with E-state index in [1.165, 1.54) is 5.57 Å². The highest BCUT2D eigenvalue weighted by atomic mass is 16.3. The zero-order chi connectivity index (χ0) is 12.3. The van der Waals surface area contributed by atoms with Crippen LogP contribution in [-0.2, 0) is 4.79 Å². The highest BCUT2D eigenvalue weighted by Crippen LogP contribution is 2.23. The number of hydrogen-bond acceptors (Lipinski definition) is 3. The average Bonchev–Trinajstić information content (AvgIpc) is 2.23. The lowest BCUT2D eigenvalue weighted by atomic mass is 9.87. The molecule has 0 spiro atoms. The van der Waals surface area contributed by atoms with Gasteiger partial charge in [0.25, 0.3) is 0 Å². The summed E-state index contributed by atoms with van der Waals surface area (Å²) in [6.07, 6.45) is 3.78. The van der Waals surface area contributed by atoms with Gasteiger partial charge in [0.2, 0.25) is 5.91 Å². The van der Waals surface area contributed by atoms with E-state index in [-0.39, 0.29) is 12.0 Å². The Morgan fingerprint density at radius 2 is 2.24 bits per heavy atom. The van der Waals surface area contributed by atoms with E-state index >= 15 is 0 Å². The third-order valence-electron chi connectivity index (χ3n) is 3.85. The number of carbonyl (C=O) groups is 1. The molecule has 1 heterocycles. The van der Waals surface area contributed by atoms with E-state index in [0.717, 1.165) is 44.3 Å². The van der Waals surface area contributed by atoms with Gasteiger partial charge < -0.3 is 15.7 Å². The molecule has 2 rings (SSSR count). The first-order valence-electron chi connectivity index (χ1n) is 6.52. The summed E-state index contributed by atoms with van der Waals surface area (Å²) in [5, 5.41) is 15.7. The molecular weight excluding hydrogens is 216 g/mol. The van der Waals surface area contributed by atoms with E-state index < -0.39 is 0 Å². The summed E-state index contributed by atoms with van der Waals surface area (Å²) in [5.74, 6) is 0.501. The van der Waals surface area contributed by atoms with Crippen molar-refractivity contribution in [3.05, 3.63) is 11.1 Å². The molecule has 2 atom stereocenters. The fourth-order valence-corrected chi connectivity index (χ4v) is 2.49. The van der Waals surface area contributed by atoms with E-state index in [9.17, 15) is 9.90 Å². The Hall–Kier alpha value is -0.870. The molecule has 1 saturated carbocycles. The van der Waals surface area contributed by atoms with Crippen molar-refractivity contribution in [2.45, 2.75) is 38.7 Å². The first kappa shape index (κ1) is 12.6. The van der Waals surface area contributed by atoms with Gasteiger partial charge in [-0.25, -0.2) is 0 Å². The van der Waals surface area contributed by atoms with Crippen LogP contribution in [0.4, 0.5) is 0 Å². The maximum Gasteiger partial charge on any atom is 0.246 e. The molecule has 17 heavy (non-hydrogen) atoms. The molecule has 96 valence electrons. The van der Waals surface area contributed by atoms with Gasteiger partial charge in [0.1, 0.15) is 0 Å². The quantitative estimate of drug-likeness (QED) is 0.630. The Kier molecular flexibility index (Phi) is 4.18. The third-order valence-corrected chi connectivity index (χ3v) is 3.85. The van der Waals surface area contributed by atoms with Crippen molar-refractivity contribution >= 4 is 5.91 Å². The molecule has 4 heteroatoms. The van der Waals surface area contributed by atoms with Crippen molar-refractivity contribution in [2.24, 2.45) is 5.92 Å². The second-order valence-corrected chi connectivity index (χ2v) is 5.23. The largest absolute Gasteiger partial charge is 0.393 e. The molecule has 2 aliphatic rings. The summed E-state index contributed by atoms with van der Waals surface area (Å²) in [6.45, 7) is 4.29. The van der Waals surface area contributed by atoms with Crippen molar-refractivity contribution in [3.8, 4) is 0 Å². The first-order chi connectivity index (χ1) is 8.16. The minimum Gasteiger partial charge on any atom is -0.393 e. The SMILES string of the molecule is CC(C(=O)NCC1CCCC(O)C1)=C1CNC1. The van der Waals surface area contributed by atoms with E-state index in [4.69, 9.17) is 0 Å². The second kappa shape index (κ2) is 5.65. The van der Waals surface area contributed by atoms with Gasteiger partial charge in [-0.3, -0.25) is 4.79 Å². The number of aliphatic hydroxyl groups excluding tert-OH is 1. The molecule has 1 amide bonds. The number of hydrogen-bond donors (Lipinski definition) is 3. The molecule has 2 unspecified atom stereocenters. The smallest absolute Gasteiger partial charge is 0.246 e. The lowest BCUT2D eigenvalue weighted by molar-refractivity contribution is -0.117. The lowest BCUT2D eigenvalue weighted by Crippen LogP contribution is -2.39. The van der Waals surface area contributed by atoms with Crippen LogP contribution in [-0.4, -0.2) is 36.8 Å². The molecule has 0 aromatic carbocycles. The molecule has 4 nitrogen and oxygen atoms in total. The normalized spacial score (nSPS) is 28.5. The van der Waals surface area contributed by atoms with E-state index in [1.54, 1.807) is 0 Å². The number of nitrogens with one attached hydrogen (secondary N) is 2. The van der Waals surface area contributed by atoms with Crippen LogP contribution in [0.15, 0.2) is 11.1 Å². The monoisotopic (exact) mass is 238 g/mol. The summed E-state index contributed by atoms with van der Waals surface area (Å²) < 4.78 is 0. The predicted octanol–water partition coefficient (Wildman–Crippen LogP) is 0.573. The van der Waals surface area contributed by atoms with Gasteiger partial charge in [0.05, 0.1) is 6.10 Å². The molecule has 1 aliphatic heterocycles. The zero-order valence-corrected chi connectivity index (χ0v) is 10.5. The average molecular weight is 238 g/mol. The van der Waals surface area contributed by atoms with Crippen LogP contribution < -0.4 is 10.6 Å². The molecule has 1 saturated heterocycles. The van der Waals surface area contributed by atoms with Crippen molar-refractivity contribution in [2.75, 3.05) is 19.6 Å². The van der Waals surface area contributed by atoms with Gasteiger partial charge in [-0.15, -0.1) is 0 Å². The molecule has 3 N–H and O–H groups in total. The summed E-state index contributed by atoms with van der Waals surface area (Å²) in [6, 6.07) is 0. The number of amides is 1. The van der Waals surface area contributed by atoms with E-state index in [0.29, 0.717) is 12.5 Å². The van der Waals surface area contributed by atoms with Crippen LogP contribution in [0, 0.1) is 5.92 Å². The van der Waals surface area contributed by atoms with Crippen LogP contribution in [0.2, 0.25) is 0 Å².